The van der Waals surface area contributed by atoms with Crippen LogP contribution in [0.4, 0.5) is 10.5 Å². The lowest BCUT2D eigenvalue weighted by Gasteiger charge is -2.37. The van der Waals surface area contributed by atoms with E-state index in [1.807, 2.05) is 51.1 Å². The molecule has 9 nitrogen and oxygen atoms in total. The van der Waals surface area contributed by atoms with E-state index in [1.54, 1.807) is 12.0 Å². The molecule has 1 N–H and O–H groups in total. The topological polar surface area (TPSA) is 111 Å². The third kappa shape index (κ3) is 6.19. The van der Waals surface area contributed by atoms with E-state index in [0.29, 0.717) is 52.7 Å². The molecular weight excluding hydrogens is 536 g/mol. The van der Waals surface area contributed by atoms with Crippen molar-refractivity contribution in [1.29, 1.82) is 0 Å². The molecule has 0 spiro atoms. The summed E-state index contributed by atoms with van der Waals surface area (Å²) in [5, 5.41) is 4.20. The molecule has 5 rings (SSSR count). The van der Waals surface area contributed by atoms with Crippen molar-refractivity contribution in [3.63, 3.8) is 0 Å². The van der Waals surface area contributed by atoms with Crippen molar-refractivity contribution in [2.45, 2.75) is 69.7 Å². The van der Waals surface area contributed by atoms with Crippen molar-refractivity contribution in [2.24, 2.45) is 5.92 Å². The molecule has 39 heavy (non-hydrogen) atoms. The van der Waals surface area contributed by atoms with Gasteiger partial charge in [-0.15, -0.1) is 11.3 Å². The Balaban J connectivity index is 1.30. The van der Waals surface area contributed by atoms with E-state index in [2.05, 4.69) is 15.3 Å². The minimum Gasteiger partial charge on any atom is -0.494 e. The molecule has 206 valence electrons. The van der Waals surface area contributed by atoms with Gasteiger partial charge in [0.05, 0.1) is 36.3 Å². The SMILES string of the molecule is COc1cccc2sc(C(=O)[C@H]3CC[C@H](N(Cc4ccc5c(n4)SC(=O)CN5)C(=O)OC(C)(C)C)CC3)nc12. The standard InChI is InChI=1S/C28H32N4O5S2/c1-28(2,3)37-27(35)32(15-17-10-13-19-25(30-17)39-22(33)14-29-19)18-11-8-16(9-12-18)24(34)26-31-23-20(36-4)6-5-7-21(23)38-26/h5-7,10,13,16,18,29H,8-9,11-12,14-15H2,1-4H3/t16-,18-. The lowest BCUT2D eigenvalue weighted by atomic mass is 9.83. The maximum Gasteiger partial charge on any atom is 0.410 e. The van der Waals surface area contributed by atoms with Crippen molar-refractivity contribution in [2.75, 3.05) is 19.0 Å². The van der Waals surface area contributed by atoms with Crippen LogP contribution in [0.1, 0.15) is 62.0 Å². The van der Waals surface area contributed by atoms with Crippen molar-refractivity contribution < 1.29 is 23.9 Å². The number of hydrogen-bond donors (Lipinski definition) is 1. The summed E-state index contributed by atoms with van der Waals surface area (Å²) in [6.07, 6.45) is 2.24. The van der Waals surface area contributed by atoms with Crippen LogP contribution in [0.15, 0.2) is 35.4 Å². The molecule has 2 aromatic heterocycles. The number of methoxy groups -OCH3 is 1. The van der Waals surface area contributed by atoms with Crippen LogP contribution in [-0.2, 0) is 16.1 Å². The molecule has 1 amide bonds. The van der Waals surface area contributed by atoms with Crippen LogP contribution in [-0.4, -0.2) is 57.2 Å². The van der Waals surface area contributed by atoms with Crippen LogP contribution in [0.25, 0.3) is 10.2 Å². The third-order valence-electron chi connectivity index (χ3n) is 6.83. The number of thioether (sulfide) groups is 1. The second kappa shape index (κ2) is 11.1. The van der Waals surface area contributed by atoms with E-state index in [9.17, 15) is 14.4 Å². The van der Waals surface area contributed by atoms with E-state index in [1.165, 1.54) is 11.3 Å². The van der Waals surface area contributed by atoms with Gasteiger partial charge in [-0.2, -0.15) is 0 Å². The number of aromatic nitrogens is 2. The summed E-state index contributed by atoms with van der Waals surface area (Å²) >= 11 is 2.51. The first kappa shape index (κ1) is 27.4. The number of anilines is 1. The number of rotatable bonds is 6. The Bertz CT molecular complexity index is 1410. The number of hydrogen-bond acceptors (Lipinski definition) is 10. The van der Waals surface area contributed by atoms with E-state index in [-0.39, 0.29) is 35.9 Å². The van der Waals surface area contributed by atoms with Crippen LogP contribution in [0, 0.1) is 5.92 Å². The predicted molar refractivity (Wildman–Crippen MR) is 152 cm³/mol. The number of thiazole rings is 1. The highest BCUT2D eigenvalue weighted by atomic mass is 32.2. The van der Waals surface area contributed by atoms with Crippen molar-refractivity contribution in [1.82, 2.24) is 14.9 Å². The van der Waals surface area contributed by atoms with Gasteiger partial charge in [-0.05, 0) is 82.5 Å². The number of carbonyl (C=O) groups excluding carboxylic acids is 3. The largest absolute Gasteiger partial charge is 0.494 e. The molecule has 0 saturated heterocycles. The first-order valence-electron chi connectivity index (χ1n) is 13.0. The van der Waals surface area contributed by atoms with Gasteiger partial charge in [0.15, 0.2) is 10.8 Å². The number of fused-ring (bicyclic) bond motifs is 2. The molecule has 1 fully saturated rings. The second-order valence-corrected chi connectivity index (χ2v) is 12.9. The lowest BCUT2D eigenvalue weighted by Crippen LogP contribution is -2.45. The van der Waals surface area contributed by atoms with E-state index in [0.717, 1.165) is 22.1 Å². The number of nitrogens with zero attached hydrogens (tertiary/aromatic N) is 3. The predicted octanol–water partition coefficient (Wildman–Crippen LogP) is 5.92. The van der Waals surface area contributed by atoms with Crippen LogP contribution in [0.2, 0.25) is 0 Å². The fourth-order valence-electron chi connectivity index (χ4n) is 4.95. The molecule has 0 radical (unpaired) electrons. The van der Waals surface area contributed by atoms with Crippen LogP contribution >= 0.6 is 23.1 Å². The highest BCUT2D eigenvalue weighted by molar-refractivity contribution is 8.13. The lowest BCUT2D eigenvalue weighted by molar-refractivity contribution is -0.109. The van der Waals surface area contributed by atoms with Gasteiger partial charge in [0.1, 0.15) is 21.9 Å². The van der Waals surface area contributed by atoms with Crippen molar-refractivity contribution in [3.8, 4) is 5.75 Å². The molecule has 0 atom stereocenters. The fourth-order valence-corrected chi connectivity index (χ4v) is 6.72. The van der Waals surface area contributed by atoms with E-state index in [4.69, 9.17) is 9.47 Å². The van der Waals surface area contributed by atoms with Gasteiger partial charge in [0.2, 0.25) is 5.12 Å². The highest BCUT2D eigenvalue weighted by Gasteiger charge is 2.35. The van der Waals surface area contributed by atoms with Crippen molar-refractivity contribution >= 4 is 56.0 Å². The Morgan fingerprint density at radius 1 is 1.10 bits per heavy atom. The zero-order valence-electron chi connectivity index (χ0n) is 22.5. The molecule has 1 aliphatic heterocycles. The number of nitrogens with one attached hydrogen (secondary N) is 1. The minimum atomic E-state index is -0.647. The molecular formula is C28H32N4O5S2. The zero-order valence-corrected chi connectivity index (χ0v) is 24.1. The Morgan fingerprint density at radius 3 is 2.59 bits per heavy atom. The normalized spacial score (nSPS) is 19.2. The fraction of sp³-hybridized carbons (Fsp3) is 0.464. The number of carbonyl (C=O) groups is 3. The smallest absolute Gasteiger partial charge is 0.410 e. The molecule has 2 aliphatic rings. The Kier molecular flexibility index (Phi) is 7.82. The van der Waals surface area contributed by atoms with E-state index < -0.39 is 11.7 Å². The molecule has 11 heteroatoms. The summed E-state index contributed by atoms with van der Waals surface area (Å²) in [5.41, 5.74) is 1.57. The monoisotopic (exact) mass is 568 g/mol. The molecule has 3 aromatic rings. The van der Waals surface area contributed by atoms with Gasteiger partial charge in [0, 0.05) is 12.0 Å². The number of ketones is 1. The average Bonchev–Trinajstić information content (AvgIpc) is 3.35. The van der Waals surface area contributed by atoms with Crippen LogP contribution < -0.4 is 10.1 Å². The third-order valence-corrected chi connectivity index (χ3v) is 8.74. The zero-order chi connectivity index (χ0) is 27.7. The minimum absolute atomic E-state index is 0.00529. The molecule has 3 heterocycles. The van der Waals surface area contributed by atoms with Gasteiger partial charge >= 0.3 is 6.09 Å². The van der Waals surface area contributed by atoms with Crippen LogP contribution in [0.5, 0.6) is 5.75 Å². The van der Waals surface area contributed by atoms with Crippen LogP contribution in [0.3, 0.4) is 0 Å². The number of ether oxygens (including phenoxy) is 2. The molecule has 0 bridgehead atoms. The van der Waals surface area contributed by atoms with E-state index >= 15 is 0 Å². The molecule has 1 aliphatic carbocycles. The quantitative estimate of drug-likeness (QED) is 0.362. The molecule has 1 aromatic carbocycles. The molecule has 1 saturated carbocycles. The Morgan fingerprint density at radius 2 is 1.87 bits per heavy atom. The second-order valence-electron chi connectivity index (χ2n) is 10.8. The van der Waals surface area contributed by atoms with Gasteiger partial charge in [-0.1, -0.05) is 6.07 Å². The van der Waals surface area contributed by atoms with Gasteiger partial charge in [-0.25, -0.2) is 14.8 Å². The van der Waals surface area contributed by atoms with Gasteiger partial charge in [0.25, 0.3) is 0 Å². The first-order valence-corrected chi connectivity index (χ1v) is 14.7. The number of Topliss-reactive ketones (excluding diaryl/α,β-unsaturated/α-hetero) is 1. The maximum atomic E-state index is 13.4. The summed E-state index contributed by atoms with van der Waals surface area (Å²) < 4.78 is 12.1. The first-order chi connectivity index (χ1) is 18.6. The number of para-hydroxylation sites is 1. The summed E-state index contributed by atoms with van der Waals surface area (Å²) in [6.45, 7) is 6.07. The number of amides is 1. The average molecular weight is 569 g/mol. The van der Waals surface area contributed by atoms with Crippen molar-refractivity contribution in [3.05, 3.63) is 41.0 Å². The Hall–Kier alpha value is -3.18. The Labute approximate surface area is 235 Å². The summed E-state index contributed by atoms with van der Waals surface area (Å²) in [5.74, 6) is 0.559. The number of benzene rings is 1. The number of pyridine rings is 1. The van der Waals surface area contributed by atoms with Gasteiger partial charge in [-0.3, -0.25) is 14.5 Å². The molecule has 0 unspecified atom stereocenters. The maximum absolute atomic E-state index is 13.4. The summed E-state index contributed by atoms with van der Waals surface area (Å²) in [4.78, 5) is 49.6. The summed E-state index contributed by atoms with van der Waals surface area (Å²) in [6, 6.07) is 9.36. The summed E-state index contributed by atoms with van der Waals surface area (Å²) in [7, 11) is 1.60. The highest BCUT2D eigenvalue weighted by Crippen LogP contribution is 2.36. The van der Waals surface area contributed by atoms with Gasteiger partial charge < -0.3 is 14.8 Å².